The van der Waals surface area contributed by atoms with Crippen LogP contribution < -0.4 is 10.6 Å². The molecule has 0 aromatic heterocycles. The fraction of sp³-hybridized carbons (Fsp3) is 0.517. The fourth-order valence-corrected chi connectivity index (χ4v) is 6.27. The van der Waals surface area contributed by atoms with Crippen LogP contribution in [0.1, 0.15) is 66.8 Å². The lowest BCUT2D eigenvalue weighted by Gasteiger charge is -2.49. The predicted octanol–water partition coefficient (Wildman–Crippen LogP) is 5.39. The van der Waals surface area contributed by atoms with Gasteiger partial charge in [-0.2, -0.15) is 0 Å². The molecule has 0 radical (unpaired) electrons. The van der Waals surface area contributed by atoms with Gasteiger partial charge in [0.2, 0.25) is 0 Å². The fourth-order valence-electron chi connectivity index (χ4n) is 5.96. The summed E-state index contributed by atoms with van der Waals surface area (Å²) in [6.45, 7) is 3.18. The molecule has 2 unspecified atom stereocenters. The first-order valence-corrected chi connectivity index (χ1v) is 14.1. The maximum atomic E-state index is 12.6. The van der Waals surface area contributed by atoms with E-state index in [-0.39, 0.29) is 24.3 Å². The lowest BCUT2D eigenvalue weighted by Crippen LogP contribution is -2.63. The van der Waals surface area contributed by atoms with Gasteiger partial charge in [0.1, 0.15) is 5.54 Å². The van der Waals surface area contributed by atoms with E-state index >= 15 is 0 Å². The molecule has 6 nitrogen and oxygen atoms in total. The number of carbonyl (C=O) groups excluding carboxylic acids is 1. The summed E-state index contributed by atoms with van der Waals surface area (Å²) in [6, 6.07) is 15.3. The molecule has 0 amide bonds. The van der Waals surface area contributed by atoms with Gasteiger partial charge < -0.3 is 15.7 Å². The topological polar surface area (TPSA) is 81.7 Å². The van der Waals surface area contributed by atoms with Gasteiger partial charge in [-0.05, 0) is 81.8 Å². The molecule has 2 atom stereocenters. The number of likely N-dealkylation sites (tertiary alicyclic amines) is 1. The number of aliphatic carboxylic acids is 1. The summed E-state index contributed by atoms with van der Waals surface area (Å²) in [5.74, 6) is -0.514. The van der Waals surface area contributed by atoms with Crippen LogP contribution in [-0.4, -0.2) is 66.1 Å². The molecule has 0 bridgehead atoms. The Kier molecular flexibility index (Phi) is 10.0. The quantitative estimate of drug-likeness (QED) is 0.328. The molecule has 2 aliphatic heterocycles. The molecular weight excluding hydrogens is 509 g/mol. The molecule has 2 aromatic rings. The van der Waals surface area contributed by atoms with Gasteiger partial charge in [-0.25, -0.2) is 0 Å². The smallest absolute Gasteiger partial charge is 0.324 e. The minimum absolute atomic E-state index is 0.0567. The molecule has 2 aromatic carbocycles. The van der Waals surface area contributed by atoms with Gasteiger partial charge in [0.25, 0.3) is 0 Å². The van der Waals surface area contributed by atoms with Crippen molar-refractivity contribution in [2.75, 3.05) is 32.7 Å². The average Bonchev–Trinajstić information content (AvgIpc) is 2.93. The number of nitrogens with one attached hydrogen (secondary N) is 2. The number of Topliss-reactive ketones (excluding diaryl/α,β-unsaturated/α-hetero) is 1. The number of carboxylic acid groups (broad SMARTS) is 1. The number of halogens is 2. The number of carboxylic acids is 1. The van der Waals surface area contributed by atoms with E-state index in [4.69, 9.17) is 23.2 Å². The Balaban J connectivity index is 1.46. The van der Waals surface area contributed by atoms with Crippen molar-refractivity contribution in [2.45, 2.75) is 62.4 Å². The van der Waals surface area contributed by atoms with Gasteiger partial charge in [0, 0.05) is 18.2 Å². The van der Waals surface area contributed by atoms with Crippen LogP contribution in [0.2, 0.25) is 10.0 Å². The number of carbonyl (C=O) groups is 2. The number of nitrogens with zero attached hydrogens (tertiary/aromatic N) is 1. The van der Waals surface area contributed by atoms with Crippen LogP contribution in [-0.2, 0) is 4.79 Å². The Bertz CT molecular complexity index is 1060. The van der Waals surface area contributed by atoms with E-state index in [0.717, 1.165) is 57.3 Å². The number of rotatable bonds is 11. The Labute approximate surface area is 229 Å². The Morgan fingerprint density at radius 2 is 1.84 bits per heavy atom. The first kappa shape index (κ1) is 28.1. The molecule has 0 spiro atoms. The maximum Gasteiger partial charge on any atom is 0.324 e. The molecule has 2 heterocycles. The highest BCUT2D eigenvalue weighted by atomic mass is 35.5. The number of piperidine rings is 2. The van der Waals surface area contributed by atoms with Crippen LogP contribution >= 0.6 is 23.2 Å². The third-order valence-corrected chi connectivity index (χ3v) is 8.78. The second-order valence-corrected chi connectivity index (χ2v) is 11.1. The zero-order valence-electron chi connectivity index (χ0n) is 21.2. The SMILES string of the molecule is O=C(CNCC(CCC1CCCCN1C1(C(=O)O)CCNCC1)c1ccc(Cl)c(Cl)c1)c1ccccc1. The summed E-state index contributed by atoms with van der Waals surface area (Å²) in [5, 5.41) is 18.0. The molecule has 0 aliphatic carbocycles. The van der Waals surface area contributed by atoms with Gasteiger partial charge in [0.15, 0.2) is 5.78 Å². The predicted molar refractivity (Wildman–Crippen MR) is 149 cm³/mol. The molecule has 37 heavy (non-hydrogen) atoms. The normalized spacial score (nSPS) is 20.9. The van der Waals surface area contributed by atoms with Crippen molar-refractivity contribution in [3.8, 4) is 0 Å². The van der Waals surface area contributed by atoms with Crippen molar-refractivity contribution >= 4 is 35.0 Å². The third kappa shape index (κ3) is 6.92. The van der Waals surface area contributed by atoms with Crippen molar-refractivity contribution < 1.29 is 14.7 Å². The van der Waals surface area contributed by atoms with Crippen molar-refractivity contribution in [2.24, 2.45) is 0 Å². The third-order valence-electron chi connectivity index (χ3n) is 8.04. The molecule has 2 saturated heterocycles. The summed E-state index contributed by atoms with van der Waals surface area (Å²) in [4.78, 5) is 27.5. The van der Waals surface area contributed by atoms with Gasteiger partial charge in [0.05, 0.1) is 16.6 Å². The van der Waals surface area contributed by atoms with E-state index in [2.05, 4.69) is 15.5 Å². The van der Waals surface area contributed by atoms with E-state index < -0.39 is 11.5 Å². The number of benzene rings is 2. The summed E-state index contributed by atoms with van der Waals surface area (Å²) in [7, 11) is 0. The first-order chi connectivity index (χ1) is 17.9. The highest BCUT2D eigenvalue weighted by Crippen LogP contribution is 2.36. The molecule has 3 N–H and O–H groups in total. The number of ketones is 1. The Hall–Kier alpha value is -1.96. The van der Waals surface area contributed by atoms with E-state index in [9.17, 15) is 14.7 Å². The zero-order valence-corrected chi connectivity index (χ0v) is 22.7. The van der Waals surface area contributed by atoms with Crippen LogP contribution in [0.5, 0.6) is 0 Å². The van der Waals surface area contributed by atoms with Crippen molar-refractivity contribution in [1.82, 2.24) is 15.5 Å². The van der Waals surface area contributed by atoms with Crippen LogP contribution in [0, 0.1) is 0 Å². The molecule has 0 saturated carbocycles. The molecule has 8 heteroatoms. The number of hydrogen-bond donors (Lipinski definition) is 3. The highest BCUT2D eigenvalue weighted by Gasteiger charge is 2.48. The van der Waals surface area contributed by atoms with Crippen LogP contribution in [0.3, 0.4) is 0 Å². The Morgan fingerprint density at radius 1 is 1.08 bits per heavy atom. The minimum Gasteiger partial charge on any atom is -0.480 e. The summed E-state index contributed by atoms with van der Waals surface area (Å²) in [6.07, 6.45) is 6.20. The first-order valence-electron chi connectivity index (χ1n) is 13.4. The van der Waals surface area contributed by atoms with E-state index in [0.29, 0.717) is 35.0 Å². The molecule has 200 valence electrons. The van der Waals surface area contributed by atoms with Crippen LogP contribution in [0.15, 0.2) is 48.5 Å². The lowest BCUT2D eigenvalue weighted by molar-refractivity contribution is -0.157. The second kappa shape index (κ2) is 13.2. The van der Waals surface area contributed by atoms with Gasteiger partial charge in [-0.3, -0.25) is 14.5 Å². The average molecular weight is 547 g/mol. The highest BCUT2D eigenvalue weighted by molar-refractivity contribution is 6.42. The monoisotopic (exact) mass is 545 g/mol. The maximum absolute atomic E-state index is 12.6. The molecule has 2 aliphatic rings. The minimum atomic E-state index is -0.782. The largest absolute Gasteiger partial charge is 0.480 e. The Morgan fingerprint density at radius 3 is 2.54 bits per heavy atom. The van der Waals surface area contributed by atoms with E-state index in [1.54, 1.807) is 0 Å². The van der Waals surface area contributed by atoms with Crippen LogP contribution in [0.4, 0.5) is 0 Å². The van der Waals surface area contributed by atoms with Gasteiger partial charge in [-0.15, -0.1) is 0 Å². The summed E-state index contributed by atoms with van der Waals surface area (Å²) < 4.78 is 0. The van der Waals surface area contributed by atoms with E-state index in [1.807, 2.05) is 48.5 Å². The second-order valence-electron chi connectivity index (χ2n) is 10.3. The van der Waals surface area contributed by atoms with Crippen molar-refractivity contribution in [1.29, 1.82) is 0 Å². The summed E-state index contributed by atoms with van der Waals surface area (Å²) in [5.41, 5.74) is 0.988. The standard InChI is InChI=1S/C29H37Cl2N3O3/c30-25-12-10-22(18-26(25)31)23(19-33-20-27(35)21-6-2-1-3-7-21)9-11-24-8-4-5-17-34(24)29(28(36)37)13-15-32-16-14-29/h1-3,6-7,10,12,18,23-24,32-33H,4-5,8-9,11,13-17,19-20H2,(H,36,37). The lowest BCUT2D eigenvalue weighted by atomic mass is 9.81. The van der Waals surface area contributed by atoms with Crippen molar-refractivity contribution in [3.05, 3.63) is 69.7 Å². The van der Waals surface area contributed by atoms with Crippen molar-refractivity contribution in [3.63, 3.8) is 0 Å². The molecule has 4 rings (SSSR count). The molecular formula is C29H37Cl2N3O3. The molecule has 2 fully saturated rings. The van der Waals surface area contributed by atoms with Gasteiger partial charge in [-0.1, -0.05) is 66.0 Å². The zero-order chi connectivity index (χ0) is 26.3. The van der Waals surface area contributed by atoms with Crippen LogP contribution in [0.25, 0.3) is 0 Å². The van der Waals surface area contributed by atoms with Gasteiger partial charge >= 0.3 is 5.97 Å². The number of hydrogen-bond acceptors (Lipinski definition) is 5. The summed E-state index contributed by atoms with van der Waals surface area (Å²) >= 11 is 12.6. The van der Waals surface area contributed by atoms with E-state index in [1.165, 1.54) is 0 Å².